The molecule has 98 valence electrons. The molecule has 0 saturated heterocycles. The van der Waals surface area contributed by atoms with Gasteiger partial charge in [0.15, 0.2) is 0 Å². The van der Waals surface area contributed by atoms with E-state index in [-0.39, 0.29) is 11.8 Å². The molecule has 5 heteroatoms. The third kappa shape index (κ3) is 4.37. The van der Waals surface area contributed by atoms with E-state index in [0.29, 0.717) is 17.8 Å². The van der Waals surface area contributed by atoms with Crippen molar-refractivity contribution in [2.24, 2.45) is 0 Å². The smallest absolute Gasteiger partial charge is 0.251 e. The number of anilines is 1. The standard InChI is InChI=1S/C13H17ClN2O2/c1-3-7-15-13(18)10-5-4-6-11(8-10)16-12(17)9(2)14/h4-6,8-9H,3,7H2,1-2H3,(H,15,18)(H,16,17). The van der Waals surface area contributed by atoms with Crippen LogP contribution >= 0.6 is 11.6 Å². The van der Waals surface area contributed by atoms with E-state index >= 15 is 0 Å². The van der Waals surface area contributed by atoms with Crippen LogP contribution in [0.3, 0.4) is 0 Å². The fraction of sp³-hybridized carbons (Fsp3) is 0.385. The highest BCUT2D eigenvalue weighted by atomic mass is 35.5. The lowest BCUT2D eigenvalue weighted by molar-refractivity contribution is -0.115. The van der Waals surface area contributed by atoms with Crippen molar-refractivity contribution in [3.63, 3.8) is 0 Å². The Labute approximate surface area is 112 Å². The van der Waals surface area contributed by atoms with Crippen LogP contribution in [-0.2, 0) is 4.79 Å². The highest BCUT2D eigenvalue weighted by Crippen LogP contribution is 2.11. The fourth-order valence-corrected chi connectivity index (χ4v) is 1.38. The summed E-state index contributed by atoms with van der Waals surface area (Å²) < 4.78 is 0. The number of nitrogens with one attached hydrogen (secondary N) is 2. The van der Waals surface area contributed by atoms with Crippen LogP contribution in [0.2, 0.25) is 0 Å². The van der Waals surface area contributed by atoms with Gasteiger partial charge in [-0.3, -0.25) is 9.59 Å². The molecule has 0 aliphatic heterocycles. The molecule has 0 aliphatic rings. The van der Waals surface area contributed by atoms with Crippen molar-refractivity contribution in [2.45, 2.75) is 25.6 Å². The molecule has 0 aliphatic carbocycles. The molecule has 1 aromatic rings. The molecule has 2 N–H and O–H groups in total. The lowest BCUT2D eigenvalue weighted by Gasteiger charge is -2.08. The maximum absolute atomic E-state index is 11.7. The molecule has 18 heavy (non-hydrogen) atoms. The van der Waals surface area contributed by atoms with Gasteiger partial charge in [-0.1, -0.05) is 13.0 Å². The van der Waals surface area contributed by atoms with Gasteiger partial charge in [0.05, 0.1) is 0 Å². The van der Waals surface area contributed by atoms with Crippen LogP contribution in [0.4, 0.5) is 5.69 Å². The molecule has 1 rings (SSSR count). The molecule has 2 amide bonds. The van der Waals surface area contributed by atoms with E-state index in [0.717, 1.165) is 6.42 Å². The largest absolute Gasteiger partial charge is 0.352 e. The van der Waals surface area contributed by atoms with Crippen molar-refractivity contribution < 1.29 is 9.59 Å². The first-order valence-electron chi connectivity index (χ1n) is 5.87. The number of alkyl halides is 1. The Balaban J connectivity index is 2.73. The Hall–Kier alpha value is -1.55. The van der Waals surface area contributed by atoms with Crippen LogP contribution in [0.5, 0.6) is 0 Å². The summed E-state index contributed by atoms with van der Waals surface area (Å²) in [5.74, 6) is -0.436. The second-order valence-electron chi connectivity index (χ2n) is 3.94. The summed E-state index contributed by atoms with van der Waals surface area (Å²) in [5.41, 5.74) is 1.08. The van der Waals surface area contributed by atoms with Crippen LogP contribution in [0.1, 0.15) is 30.6 Å². The van der Waals surface area contributed by atoms with Crippen LogP contribution in [0.25, 0.3) is 0 Å². The van der Waals surface area contributed by atoms with E-state index in [2.05, 4.69) is 10.6 Å². The molecule has 0 aromatic heterocycles. The van der Waals surface area contributed by atoms with Gasteiger partial charge in [-0.25, -0.2) is 0 Å². The summed E-state index contributed by atoms with van der Waals surface area (Å²) in [7, 11) is 0. The third-order valence-electron chi connectivity index (χ3n) is 2.29. The van der Waals surface area contributed by atoms with E-state index in [4.69, 9.17) is 11.6 Å². The summed E-state index contributed by atoms with van der Waals surface area (Å²) in [6.07, 6.45) is 0.881. The van der Waals surface area contributed by atoms with E-state index < -0.39 is 5.38 Å². The molecular weight excluding hydrogens is 252 g/mol. The van der Waals surface area contributed by atoms with Gasteiger partial charge in [-0.15, -0.1) is 11.6 Å². The van der Waals surface area contributed by atoms with Gasteiger partial charge in [0.1, 0.15) is 5.38 Å². The molecule has 0 spiro atoms. The summed E-state index contributed by atoms with van der Waals surface area (Å²) >= 11 is 5.66. The lowest BCUT2D eigenvalue weighted by Crippen LogP contribution is -2.24. The maximum atomic E-state index is 11.7. The maximum Gasteiger partial charge on any atom is 0.251 e. The molecule has 4 nitrogen and oxygen atoms in total. The Morgan fingerprint density at radius 3 is 2.72 bits per heavy atom. The number of hydrogen-bond acceptors (Lipinski definition) is 2. The highest BCUT2D eigenvalue weighted by molar-refractivity contribution is 6.32. The Bertz CT molecular complexity index is 433. The minimum atomic E-state index is -0.609. The summed E-state index contributed by atoms with van der Waals surface area (Å²) in [6.45, 7) is 4.21. The molecule has 0 fully saturated rings. The number of benzene rings is 1. The van der Waals surface area contributed by atoms with Gasteiger partial charge in [-0.05, 0) is 31.5 Å². The van der Waals surface area contributed by atoms with Gasteiger partial charge >= 0.3 is 0 Å². The topological polar surface area (TPSA) is 58.2 Å². The van der Waals surface area contributed by atoms with Gasteiger partial charge in [0, 0.05) is 17.8 Å². The predicted octanol–water partition coefficient (Wildman–Crippen LogP) is 2.39. The van der Waals surface area contributed by atoms with Crippen molar-refractivity contribution in [3.8, 4) is 0 Å². The number of amides is 2. The molecule has 1 unspecified atom stereocenters. The minimum absolute atomic E-state index is 0.146. The van der Waals surface area contributed by atoms with Crippen molar-refractivity contribution >= 4 is 29.1 Å². The predicted molar refractivity (Wildman–Crippen MR) is 73.0 cm³/mol. The van der Waals surface area contributed by atoms with Gasteiger partial charge in [0.25, 0.3) is 5.91 Å². The number of hydrogen-bond donors (Lipinski definition) is 2. The molecular formula is C13H17ClN2O2. The zero-order valence-electron chi connectivity index (χ0n) is 10.5. The highest BCUT2D eigenvalue weighted by Gasteiger charge is 2.10. The minimum Gasteiger partial charge on any atom is -0.352 e. The molecule has 0 radical (unpaired) electrons. The monoisotopic (exact) mass is 268 g/mol. The first kappa shape index (κ1) is 14.5. The van der Waals surface area contributed by atoms with Crippen LogP contribution < -0.4 is 10.6 Å². The van der Waals surface area contributed by atoms with E-state index in [1.165, 1.54) is 0 Å². The van der Waals surface area contributed by atoms with Crippen LogP contribution in [-0.4, -0.2) is 23.7 Å². The zero-order chi connectivity index (χ0) is 13.5. The number of halogens is 1. The van der Waals surface area contributed by atoms with Crippen LogP contribution in [0.15, 0.2) is 24.3 Å². The van der Waals surface area contributed by atoms with Gasteiger partial charge < -0.3 is 10.6 Å². The van der Waals surface area contributed by atoms with E-state index in [9.17, 15) is 9.59 Å². The zero-order valence-corrected chi connectivity index (χ0v) is 11.3. The van der Waals surface area contributed by atoms with Crippen molar-refractivity contribution in [1.29, 1.82) is 0 Å². The van der Waals surface area contributed by atoms with Crippen molar-refractivity contribution in [3.05, 3.63) is 29.8 Å². The van der Waals surface area contributed by atoms with E-state index in [1.54, 1.807) is 31.2 Å². The molecule has 0 bridgehead atoms. The normalized spacial score (nSPS) is 11.7. The first-order valence-corrected chi connectivity index (χ1v) is 6.31. The number of carbonyl (C=O) groups excluding carboxylic acids is 2. The quantitative estimate of drug-likeness (QED) is 0.806. The Morgan fingerprint density at radius 1 is 1.39 bits per heavy atom. The second kappa shape index (κ2) is 7.01. The summed E-state index contributed by atoms with van der Waals surface area (Å²) in [6, 6.07) is 6.76. The van der Waals surface area contributed by atoms with Crippen molar-refractivity contribution in [2.75, 3.05) is 11.9 Å². The third-order valence-corrected chi connectivity index (χ3v) is 2.49. The average Bonchev–Trinajstić information content (AvgIpc) is 2.36. The molecule has 1 atom stereocenters. The Morgan fingerprint density at radius 2 is 2.11 bits per heavy atom. The summed E-state index contributed by atoms with van der Waals surface area (Å²) in [4.78, 5) is 23.1. The van der Waals surface area contributed by atoms with E-state index in [1.807, 2.05) is 6.92 Å². The summed E-state index contributed by atoms with van der Waals surface area (Å²) in [5, 5.41) is 4.81. The fourth-order valence-electron chi connectivity index (χ4n) is 1.32. The number of carbonyl (C=O) groups is 2. The molecule has 0 heterocycles. The van der Waals surface area contributed by atoms with Gasteiger partial charge in [-0.2, -0.15) is 0 Å². The molecule has 0 saturated carbocycles. The Kier molecular flexibility index (Phi) is 5.65. The SMILES string of the molecule is CCCNC(=O)c1cccc(NC(=O)C(C)Cl)c1. The van der Waals surface area contributed by atoms with Gasteiger partial charge in [0.2, 0.25) is 5.91 Å². The number of rotatable bonds is 5. The lowest BCUT2D eigenvalue weighted by atomic mass is 10.2. The first-order chi connectivity index (χ1) is 8.54. The molecule has 1 aromatic carbocycles. The second-order valence-corrected chi connectivity index (χ2v) is 4.60. The average molecular weight is 269 g/mol. The van der Waals surface area contributed by atoms with Crippen LogP contribution in [0, 0.1) is 0 Å². The van der Waals surface area contributed by atoms with Crippen molar-refractivity contribution in [1.82, 2.24) is 5.32 Å².